The summed E-state index contributed by atoms with van der Waals surface area (Å²) >= 11 is 0. The van der Waals surface area contributed by atoms with Crippen LogP contribution in [-0.2, 0) is 15.1 Å². The maximum Gasteiger partial charge on any atom is 0.342 e. The molecule has 0 saturated heterocycles. The van der Waals surface area contributed by atoms with Gasteiger partial charge in [-0.3, -0.25) is 0 Å². The first-order valence-corrected chi connectivity index (χ1v) is 10.2. The maximum absolute atomic E-state index is 13.0. The molecule has 28 heavy (non-hydrogen) atoms. The number of carbonyl (C=O) groups is 1. The second-order valence-corrected chi connectivity index (χ2v) is 8.77. The molecule has 0 bridgehead atoms. The monoisotopic (exact) mass is 384 g/mol. The van der Waals surface area contributed by atoms with Crippen molar-refractivity contribution in [3.8, 4) is 5.75 Å². The van der Waals surface area contributed by atoms with Gasteiger partial charge in [-0.05, 0) is 72.1 Å². The third-order valence-electron chi connectivity index (χ3n) is 6.23. The first-order chi connectivity index (χ1) is 13.2. The van der Waals surface area contributed by atoms with Gasteiger partial charge in [-0.1, -0.05) is 45.4 Å². The van der Waals surface area contributed by atoms with Gasteiger partial charge in [0.1, 0.15) is 11.9 Å². The van der Waals surface area contributed by atoms with Crippen LogP contribution in [0.25, 0.3) is 10.8 Å². The van der Waals surface area contributed by atoms with Gasteiger partial charge in [-0.15, -0.1) is 0 Å². The van der Waals surface area contributed by atoms with Crippen LogP contribution >= 0.6 is 0 Å². The molecule has 4 heteroatoms. The number of hydrogen-bond acceptors (Lipinski definition) is 4. The van der Waals surface area contributed by atoms with E-state index in [2.05, 4.69) is 20.8 Å². The van der Waals surface area contributed by atoms with Gasteiger partial charge >= 0.3 is 5.97 Å². The minimum absolute atomic E-state index is 0.132. The molecule has 0 aliphatic heterocycles. The van der Waals surface area contributed by atoms with Gasteiger partial charge in [0.05, 0.1) is 7.11 Å². The molecule has 2 aromatic carbocycles. The standard InChI is InChI=1S/C24H32O4/c1-15(2)21-11-6-16(3)12-22(21)28-23(25)24(4,26)19-9-7-18-14-20(27-5)10-8-17(18)13-19/h7-10,13-16,21-22,26H,6,11-12H2,1-5H3/t16-,21-,22-,24-/m1/s1. The number of hydrogen-bond donors (Lipinski definition) is 1. The second-order valence-electron chi connectivity index (χ2n) is 8.77. The molecule has 4 atom stereocenters. The van der Waals surface area contributed by atoms with Gasteiger partial charge in [0, 0.05) is 0 Å². The lowest BCUT2D eigenvalue weighted by Gasteiger charge is -2.38. The fourth-order valence-electron chi connectivity index (χ4n) is 4.27. The average molecular weight is 385 g/mol. The van der Waals surface area contributed by atoms with Crippen molar-refractivity contribution in [3.63, 3.8) is 0 Å². The molecule has 1 N–H and O–H groups in total. The summed E-state index contributed by atoms with van der Waals surface area (Å²) in [4.78, 5) is 13.0. The number of rotatable bonds is 5. The molecule has 0 radical (unpaired) electrons. The number of benzene rings is 2. The number of carbonyl (C=O) groups excluding carboxylic acids is 1. The van der Waals surface area contributed by atoms with Crippen molar-refractivity contribution in [2.75, 3.05) is 7.11 Å². The fourth-order valence-corrected chi connectivity index (χ4v) is 4.27. The van der Waals surface area contributed by atoms with Crippen molar-refractivity contribution in [1.29, 1.82) is 0 Å². The zero-order chi connectivity index (χ0) is 20.5. The van der Waals surface area contributed by atoms with Crippen LogP contribution in [0, 0.1) is 17.8 Å². The van der Waals surface area contributed by atoms with Crippen molar-refractivity contribution in [2.45, 2.75) is 58.7 Å². The highest BCUT2D eigenvalue weighted by molar-refractivity contribution is 5.87. The quantitative estimate of drug-likeness (QED) is 0.732. The fraction of sp³-hybridized carbons (Fsp3) is 0.542. The van der Waals surface area contributed by atoms with Crippen molar-refractivity contribution in [3.05, 3.63) is 42.0 Å². The highest BCUT2D eigenvalue weighted by atomic mass is 16.6. The number of methoxy groups -OCH3 is 1. The first-order valence-electron chi connectivity index (χ1n) is 10.2. The van der Waals surface area contributed by atoms with Crippen LogP contribution in [0.3, 0.4) is 0 Å². The van der Waals surface area contributed by atoms with E-state index in [0.29, 0.717) is 23.3 Å². The molecule has 1 aliphatic rings. The molecule has 1 fully saturated rings. The van der Waals surface area contributed by atoms with Crippen LogP contribution in [-0.4, -0.2) is 24.3 Å². The normalized spacial score (nSPS) is 24.8. The zero-order valence-electron chi connectivity index (χ0n) is 17.6. The van der Waals surface area contributed by atoms with E-state index in [0.717, 1.165) is 29.4 Å². The van der Waals surface area contributed by atoms with Crippen LogP contribution in [0.4, 0.5) is 0 Å². The lowest BCUT2D eigenvalue weighted by molar-refractivity contribution is -0.177. The maximum atomic E-state index is 13.0. The summed E-state index contributed by atoms with van der Waals surface area (Å²) in [7, 11) is 1.63. The summed E-state index contributed by atoms with van der Waals surface area (Å²) in [6, 6.07) is 11.3. The Balaban J connectivity index is 1.82. The number of fused-ring (bicyclic) bond motifs is 1. The molecule has 0 amide bonds. The Kier molecular flexibility index (Phi) is 5.99. The molecule has 2 aromatic rings. The molecule has 1 aliphatic carbocycles. The Morgan fingerprint density at radius 2 is 1.82 bits per heavy atom. The van der Waals surface area contributed by atoms with Crippen molar-refractivity contribution in [1.82, 2.24) is 0 Å². The van der Waals surface area contributed by atoms with Crippen LogP contribution in [0.15, 0.2) is 36.4 Å². The molecule has 4 nitrogen and oxygen atoms in total. The van der Waals surface area contributed by atoms with Gasteiger partial charge in [0.2, 0.25) is 0 Å². The molecule has 0 spiro atoms. The van der Waals surface area contributed by atoms with E-state index in [4.69, 9.17) is 9.47 Å². The highest BCUT2D eigenvalue weighted by Gasteiger charge is 2.40. The predicted molar refractivity (Wildman–Crippen MR) is 111 cm³/mol. The molecule has 0 heterocycles. The van der Waals surface area contributed by atoms with E-state index in [1.54, 1.807) is 13.2 Å². The van der Waals surface area contributed by atoms with Crippen LogP contribution in [0.5, 0.6) is 5.75 Å². The molecular formula is C24H32O4. The highest BCUT2D eigenvalue weighted by Crippen LogP contribution is 2.37. The summed E-state index contributed by atoms with van der Waals surface area (Å²) in [6.45, 7) is 8.08. The van der Waals surface area contributed by atoms with Gasteiger partial charge in [0.25, 0.3) is 0 Å². The number of ether oxygens (including phenoxy) is 2. The van der Waals surface area contributed by atoms with E-state index < -0.39 is 11.6 Å². The molecule has 3 rings (SSSR count). The number of esters is 1. The summed E-state index contributed by atoms with van der Waals surface area (Å²) in [5.74, 6) is 1.54. The lowest BCUT2D eigenvalue weighted by Crippen LogP contribution is -2.42. The van der Waals surface area contributed by atoms with Gasteiger partial charge < -0.3 is 14.6 Å². The second kappa shape index (κ2) is 8.12. The van der Waals surface area contributed by atoms with E-state index in [-0.39, 0.29) is 6.10 Å². The Hall–Kier alpha value is -2.07. The van der Waals surface area contributed by atoms with Gasteiger partial charge in [-0.2, -0.15) is 0 Å². The Bertz CT molecular complexity index is 840. The minimum atomic E-state index is -1.68. The largest absolute Gasteiger partial charge is 0.497 e. The summed E-state index contributed by atoms with van der Waals surface area (Å²) in [5, 5.41) is 13.0. The minimum Gasteiger partial charge on any atom is -0.497 e. The van der Waals surface area contributed by atoms with Crippen molar-refractivity contribution >= 4 is 16.7 Å². The van der Waals surface area contributed by atoms with E-state index in [9.17, 15) is 9.90 Å². The number of aliphatic hydroxyl groups is 1. The van der Waals surface area contributed by atoms with Gasteiger partial charge in [-0.25, -0.2) is 4.79 Å². The zero-order valence-corrected chi connectivity index (χ0v) is 17.6. The summed E-state index contributed by atoms with van der Waals surface area (Å²) < 4.78 is 11.2. The summed E-state index contributed by atoms with van der Waals surface area (Å²) in [5.41, 5.74) is -1.14. The predicted octanol–water partition coefficient (Wildman–Crippen LogP) is 5.06. The molecular weight excluding hydrogens is 352 g/mol. The lowest BCUT2D eigenvalue weighted by atomic mass is 9.75. The average Bonchev–Trinajstić information content (AvgIpc) is 2.66. The van der Waals surface area contributed by atoms with Crippen LogP contribution < -0.4 is 4.74 Å². The smallest absolute Gasteiger partial charge is 0.342 e. The van der Waals surface area contributed by atoms with Crippen LogP contribution in [0.2, 0.25) is 0 Å². The molecule has 0 unspecified atom stereocenters. The SMILES string of the molecule is COc1ccc2cc([C@@](C)(O)C(=O)O[C@@H]3C[C@H](C)CC[C@@H]3C(C)C)ccc2c1. The van der Waals surface area contributed by atoms with E-state index in [1.807, 2.05) is 30.3 Å². The summed E-state index contributed by atoms with van der Waals surface area (Å²) in [6.07, 6.45) is 2.97. The molecule has 0 aromatic heterocycles. The van der Waals surface area contributed by atoms with Crippen molar-refractivity contribution in [2.24, 2.45) is 17.8 Å². The Morgan fingerprint density at radius 1 is 1.14 bits per heavy atom. The third-order valence-corrected chi connectivity index (χ3v) is 6.23. The molecule has 152 valence electrons. The van der Waals surface area contributed by atoms with Crippen molar-refractivity contribution < 1.29 is 19.4 Å². The first kappa shape index (κ1) is 20.7. The Morgan fingerprint density at radius 3 is 2.50 bits per heavy atom. The third kappa shape index (κ3) is 4.17. The van der Waals surface area contributed by atoms with Crippen LogP contribution in [0.1, 0.15) is 52.5 Å². The molecule has 1 saturated carbocycles. The van der Waals surface area contributed by atoms with Gasteiger partial charge in [0.15, 0.2) is 5.60 Å². The topological polar surface area (TPSA) is 55.8 Å². The van der Waals surface area contributed by atoms with E-state index >= 15 is 0 Å². The Labute approximate surface area is 167 Å². The van der Waals surface area contributed by atoms with E-state index in [1.165, 1.54) is 13.3 Å².